The summed E-state index contributed by atoms with van der Waals surface area (Å²) in [5, 5.41) is 14.6. The highest BCUT2D eigenvalue weighted by atomic mass is 32.2. The van der Waals surface area contributed by atoms with Crippen LogP contribution in [0.4, 0.5) is 11.4 Å². The minimum absolute atomic E-state index is 0.0000926. The molecule has 0 radical (unpaired) electrons. The maximum absolute atomic E-state index is 13.1. The zero-order valence-electron chi connectivity index (χ0n) is 14.5. The molecular weight excluding hydrogens is 358 g/mol. The molecule has 0 amide bonds. The molecule has 1 saturated heterocycles. The molecule has 4 rings (SSSR count). The number of anilines is 1. The number of benzene rings is 1. The number of hydrogen-bond donors (Lipinski definition) is 1. The summed E-state index contributed by atoms with van der Waals surface area (Å²) in [7, 11) is -3.82. The average Bonchev–Trinajstić information content (AvgIpc) is 3.54. The van der Waals surface area contributed by atoms with Crippen LogP contribution in [0.25, 0.3) is 0 Å². The number of hydrogen-bond acceptors (Lipinski definition) is 6. The van der Waals surface area contributed by atoms with E-state index in [1.807, 2.05) is 0 Å². The van der Waals surface area contributed by atoms with Crippen LogP contribution >= 0.6 is 0 Å². The number of nitrogens with one attached hydrogen (secondary N) is 1. The van der Waals surface area contributed by atoms with Crippen molar-refractivity contribution in [1.29, 1.82) is 0 Å². The van der Waals surface area contributed by atoms with Gasteiger partial charge in [-0.15, -0.1) is 0 Å². The lowest BCUT2D eigenvalue weighted by Gasteiger charge is -2.28. The monoisotopic (exact) mass is 381 g/mol. The van der Waals surface area contributed by atoms with Crippen molar-refractivity contribution in [1.82, 2.24) is 4.31 Å². The van der Waals surface area contributed by atoms with Gasteiger partial charge >= 0.3 is 0 Å². The molecule has 0 aromatic heterocycles. The molecule has 2 aliphatic carbocycles. The largest absolute Gasteiger partial charge is 0.381 e. The van der Waals surface area contributed by atoms with Gasteiger partial charge in [0, 0.05) is 31.3 Å². The summed E-state index contributed by atoms with van der Waals surface area (Å²) >= 11 is 0. The van der Waals surface area contributed by atoms with Crippen LogP contribution in [0.15, 0.2) is 23.1 Å². The fraction of sp³-hybridized carbons (Fsp3) is 0.647. The van der Waals surface area contributed by atoms with Crippen molar-refractivity contribution >= 4 is 21.4 Å². The van der Waals surface area contributed by atoms with Crippen molar-refractivity contribution in [3.8, 4) is 0 Å². The van der Waals surface area contributed by atoms with Gasteiger partial charge in [0.2, 0.25) is 10.0 Å². The van der Waals surface area contributed by atoms with E-state index in [1.165, 1.54) is 16.4 Å². The van der Waals surface area contributed by atoms with Crippen molar-refractivity contribution in [3.63, 3.8) is 0 Å². The molecule has 1 aliphatic heterocycles. The number of nitro groups is 1. The van der Waals surface area contributed by atoms with Gasteiger partial charge in [-0.25, -0.2) is 8.42 Å². The first-order valence-electron chi connectivity index (χ1n) is 9.09. The minimum atomic E-state index is -3.82. The summed E-state index contributed by atoms with van der Waals surface area (Å²) in [5.74, 6) is 1.16. The summed E-state index contributed by atoms with van der Waals surface area (Å²) in [6.45, 7) is 1.20. The number of sulfonamides is 1. The molecule has 9 heteroatoms. The summed E-state index contributed by atoms with van der Waals surface area (Å²) in [6.07, 6.45) is 4.64. The maximum Gasteiger partial charge on any atom is 0.270 e. The Kier molecular flexibility index (Phi) is 4.62. The normalized spacial score (nSPS) is 21.7. The van der Waals surface area contributed by atoms with Crippen LogP contribution in [-0.4, -0.2) is 50.0 Å². The van der Waals surface area contributed by atoms with Gasteiger partial charge in [0.15, 0.2) is 0 Å². The number of nitrogens with zero attached hydrogens (tertiary/aromatic N) is 2. The predicted molar refractivity (Wildman–Crippen MR) is 95.5 cm³/mol. The summed E-state index contributed by atoms with van der Waals surface area (Å²) in [5.41, 5.74) is 0.266. The molecule has 1 aromatic carbocycles. The lowest BCUT2D eigenvalue weighted by molar-refractivity contribution is -0.385. The number of rotatable bonds is 7. The number of non-ortho nitro benzene ring substituents is 1. The van der Waals surface area contributed by atoms with Crippen LogP contribution in [-0.2, 0) is 14.8 Å². The third-order valence-corrected chi connectivity index (χ3v) is 7.28. The first-order valence-corrected chi connectivity index (χ1v) is 10.5. The zero-order valence-corrected chi connectivity index (χ0v) is 15.3. The van der Waals surface area contributed by atoms with Crippen molar-refractivity contribution in [3.05, 3.63) is 28.3 Å². The van der Waals surface area contributed by atoms with E-state index >= 15 is 0 Å². The molecule has 2 saturated carbocycles. The first-order chi connectivity index (χ1) is 12.5. The predicted octanol–water partition coefficient (Wildman–Crippen LogP) is 2.22. The Morgan fingerprint density at radius 1 is 1.15 bits per heavy atom. The topological polar surface area (TPSA) is 102 Å². The first kappa shape index (κ1) is 17.7. The molecule has 26 heavy (non-hydrogen) atoms. The van der Waals surface area contributed by atoms with Gasteiger partial charge < -0.3 is 10.1 Å². The average molecular weight is 381 g/mol. The van der Waals surface area contributed by atoms with Gasteiger partial charge in [-0.2, -0.15) is 4.31 Å². The van der Waals surface area contributed by atoms with Gasteiger partial charge in [0.1, 0.15) is 4.90 Å². The van der Waals surface area contributed by atoms with Gasteiger partial charge in [-0.1, -0.05) is 0 Å². The van der Waals surface area contributed by atoms with E-state index in [9.17, 15) is 18.5 Å². The number of nitro benzene ring substituents is 1. The van der Waals surface area contributed by atoms with E-state index in [2.05, 4.69) is 5.32 Å². The molecule has 1 heterocycles. The molecule has 1 aromatic rings. The second kappa shape index (κ2) is 6.79. The number of ether oxygens (including phenoxy) is 1. The Bertz CT molecular complexity index is 787. The third-order valence-electron chi connectivity index (χ3n) is 5.35. The van der Waals surface area contributed by atoms with Crippen LogP contribution in [0.2, 0.25) is 0 Å². The second-order valence-corrected chi connectivity index (χ2v) is 9.21. The maximum atomic E-state index is 13.1. The SMILES string of the molecule is O=[N+]([O-])c1ccc(NC(C2CC2)C2CC2)c(S(=O)(=O)N2CCOCC2)c1. The van der Waals surface area contributed by atoms with Gasteiger partial charge in [-0.05, 0) is 43.6 Å². The molecular formula is C17H23N3O5S. The van der Waals surface area contributed by atoms with Gasteiger partial charge in [0.25, 0.3) is 5.69 Å². The molecule has 142 valence electrons. The molecule has 0 bridgehead atoms. The van der Waals surface area contributed by atoms with Crippen molar-refractivity contribution in [2.75, 3.05) is 31.6 Å². The Morgan fingerprint density at radius 2 is 1.77 bits per heavy atom. The van der Waals surface area contributed by atoms with Crippen LogP contribution < -0.4 is 5.32 Å². The number of morpholine rings is 1. The smallest absolute Gasteiger partial charge is 0.270 e. The lowest BCUT2D eigenvalue weighted by Crippen LogP contribution is -2.41. The van der Waals surface area contributed by atoms with Crippen molar-refractivity contribution in [2.45, 2.75) is 36.6 Å². The van der Waals surface area contributed by atoms with E-state index in [0.29, 0.717) is 30.7 Å². The van der Waals surface area contributed by atoms with Crippen LogP contribution in [0, 0.1) is 22.0 Å². The Balaban J connectivity index is 1.69. The summed E-state index contributed by atoms with van der Waals surface area (Å²) in [4.78, 5) is 10.6. The molecule has 3 fully saturated rings. The molecule has 0 spiro atoms. The van der Waals surface area contributed by atoms with Crippen LogP contribution in [0.5, 0.6) is 0 Å². The Hall–Kier alpha value is -1.71. The van der Waals surface area contributed by atoms with E-state index in [1.54, 1.807) is 6.07 Å². The highest BCUT2D eigenvalue weighted by Gasteiger charge is 2.42. The fourth-order valence-corrected chi connectivity index (χ4v) is 5.18. The highest BCUT2D eigenvalue weighted by Crippen LogP contribution is 2.46. The standard InChI is InChI=1S/C17H23N3O5S/c21-20(22)14-5-6-15(18-17(12-1-2-12)13-3-4-13)16(11-14)26(23,24)19-7-9-25-10-8-19/h5-6,11-13,17-18H,1-4,7-10H2. The van der Waals surface area contributed by atoms with Crippen molar-refractivity contribution in [2.24, 2.45) is 11.8 Å². The molecule has 8 nitrogen and oxygen atoms in total. The van der Waals surface area contributed by atoms with Gasteiger partial charge in [0.05, 0.1) is 23.8 Å². The van der Waals surface area contributed by atoms with E-state index < -0.39 is 14.9 Å². The summed E-state index contributed by atoms with van der Waals surface area (Å²) in [6, 6.07) is 4.36. The minimum Gasteiger partial charge on any atom is -0.381 e. The van der Waals surface area contributed by atoms with E-state index in [-0.39, 0.29) is 29.7 Å². The highest BCUT2D eigenvalue weighted by molar-refractivity contribution is 7.89. The lowest BCUT2D eigenvalue weighted by atomic mass is 10.1. The summed E-state index contributed by atoms with van der Waals surface area (Å²) < 4.78 is 32.9. The molecule has 0 unspecified atom stereocenters. The quantitative estimate of drug-likeness (QED) is 0.574. The third kappa shape index (κ3) is 3.56. The molecule has 1 N–H and O–H groups in total. The van der Waals surface area contributed by atoms with Gasteiger partial charge in [-0.3, -0.25) is 10.1 Å². The zero-order chi connectivity index (χ0) is 18.3. The molecule has 0 atom stereocenters. The van der Waals surface area contributed by atoms with E-state index in [0.717, 1.165) is 25.7 Å². The van der Waals surface area contributed by atoms with Crippen molar-refractivity contribution < 1.29 is 18.1 Å². The van der Waals surface area contributed by atoms with Crippen LogP contribution in [0.1, 0.15) is 25.7 Å². The Morgan fingerprint density at radius 3 is 2.31 bits per heavy atom. The second-order valence-electron chi connectivity index (χ2n) is 7.30. The van der Waals surface area contributed by atoms with E-state index in [4.69, 9.17) is 4.74 Å². The Labute approximate surface area is 152 Å². The molecule has 3 aliphatic rings. The fourth-order valence-electron chi connectivity index (χ4n) is 3.59. The van der Waals surface area contributed by atoms with Crippen LogP contribution in [0.3, 0.4) is 0 Å².